The summed E-state index contributed by atoms with van der Waals surface area (Å²) >= 11 is 5.75. The number of hydrogen-bond acceptors (Lipinski definition) is 2. The van der Waals surface area contributed by atoms with Crippen molar-refractivity contribution in [3.8, 4) is 0 Å². The Morgan fingerprint density at radius 2 is 2.32 bits per heavy atom. The van der Waals surface area contributed by atoms with E-state index in [4.69, 9.17) is 0 Å². The highest BCUT2D eigenvalue weighted by atomic mass is 79.9. The Morgan fingerprint density at radius 1 is 1.47 bits per heavy atom. The SMILES string of the molecule is CC(Br)CC1C2=C3C=CC=CC3SCC=C2NC1C. The van der Waals surface area contributed by atoms with Crippen LogP contribution in [0.15, 0.2) is 47.2 Å². The number of hydrogen-bond donors (Lipinski definition) is 1. The summed E-state index contributed by atoms with van der Waals surface area (Å²) < 4.78 is 0. The molecule has 2 aliphatic heterocycles. The number of thioether (sulfide) groups is 1. The van der Waals surface area contributed by atoms with Gasteiger partial charge in [-0.2, -0.15) is 0 Å². The molecule has 3 rings (SSSR count). The van der Waals surface area contributed by atoms with Gasteiger partial charge in [0.15, 0.2) is 0 Å². The van der Waals surface area contributed by atoms with Gasteiger partial charge < -0.3 is 5.32 Å². The molecule has 19 heavy (non-hydrogen) atoms. The summed E-state index contributed by atoms with van der Waals surface area (Å²) in [4.78, 5) is 0.562. The van der Waals surface area contributed by atoms with Crippen LogP contribution in [0.3, 0.4) is 0 Å². The van der Waals surface area contributed by atoms with E-state index in [1.165, 1.54) is 17.7 Å². The summed E-state index contributed by atoms with van der Waals surface area (Å²) in [5.41, 5.74) is 4.47. The van der Waals surface area contributed by atoms with E-state index in [0.717, 1.165) is 5.75 Å². The van der Waals surface area contributed by atoms with Crippen LogP contribution in [0, 0.1) is 5.92 Å². The standard InChI is InChI=1S/C16H20BrNS/c1-10(17)9-13-11(2)18-14-7-8-19-15-6-4-3-5-12(15)16(13)14/h3-7,10-11,13,15,18H,8-9H2,1-2H3. The number of nitrogens with one attached hydrogen (secondary N) is 1. The van der Waals surface area contributed by atoms with Gasteiger partial charge in [0, 0.05) is 33.5 Å². The van der Waals surface area contributed by atoms with Crippen molar-refractivity contribution in [3.05, 3.63) is 47.2 Å². The second-order valence-electron chi connectivity index (χ2n) is 5.54. The molecule has 0 spiro atoms. The van der Waals surface area contributed by atoms with E-state index in [9.17, 15) is 0 Å². The highest BCUT2D eigenvalue weighted by molar-refractivity contribution is 9.09. The molecule has 0 aromatic heterocycles. The second kappa shape index (κ2) is 5.53. The first-order valence-electron chi connectivity index (χ1n) is 6.98. The van der Waals surface area contributed by atoms with Crippen LogP contribution in [-0.2, 0) is 0 Å². The van der Waals surface area contributed by atoms with Crippen LogP contribution in [0.1, 0.15) is 20.3 Å². The van der Waals surface area contributed by atoms with Gasteiger partial charge in [-0.1, -0.05) is 53.2 Å². The number of halogens is 1. The molecule has 2 heterocycles. The Balaban J connectivity index is 2.04. The molecule has 3 aliphatic rings. The normalized spacial score (nSPS) is 34.3. The van der Waals surface area contributed by atoms with Crippen molar-refractivity contribution in [2.75, 3.05) is 5.75 Å². The van der Waals surface area contributed by atoms with E-state index in [2.05, 4.69) is 65.5 Å². The average Bonchev–Trinajstić information content (AvgIpc) is 2.57. The molecule has 1 saturated heterocycles. The average molecular weight is 338 g/mol. The minimum absolute atomic E-state index is 0.536. The minimum Gasteiger partial charge on any atom is -0.382 e. The largest absolute Gasteiger partial charge is 0.382 e. The molecule has 0 bridgehead atoms. The van der Waals surface area contributed by atoms with Crippen molar-refractivity contribution in [2.45, 2.75) is 36.4 Å². The highest BCUT2D eigenvalue weighted by Crippen LogP contribution is 2.42. The van der Waals surface area contributed by atoms with Crippen molar-refractivity contribution < 1.29 is 0 Å². The predicted octanol–water partition coefficient (Wildman–Crippen LogP) is 4.19. The van der Waals surface area contributed by atoms with Crippen LogP contribution >= 0.6 is 27.7 Å². The first kappa shape index (κ1) is 13.6. The third-order valence-corrected chi connectivity index (χ3v) is 5.58. The molecule has 3 heteroatoms. The monoisotopic (exact) mass is 337 g/mol. The molecule has 102 valence electrons. The van der Waals surface area contributed by atoms with Gasteiger partial charge in [-0.3, -0.25) is 0 Å². The van der Waals surface area contributed by atoms with Gasteiger partial charge in [-0.15, -0.1) is 11.8 Å². The Hall–Kier alpha value is -0.410. The van der Waals surface area contributed by atoms with Crippen LogP contribution in [0.5, 0.6) is 0 Å². The van der Waals surface area contributed by atoms with Crippen LogP contribution < -0.4 is 5.32 Å². The van der Waals surface area contributed by atoms with Crippen LogP contribution in [0.25, 0.3) is 0 Å². The molecule has 0 amide bonds. The fourth-order valence-corrected chi connectivity index (χ4v) is 4.69. The summed E-state index contributed by atoms with van der Waals surface area (Å²) in [7, 11) is 0. The molecule has 0 radical (unpaired) electrons. The lowest BCUT2D eigenvalue weighted by Crippen LogP contribution is -2.24. The Bertz CT molecular complexity index is 487. The van der Waals surface area contributed by atoms with Crippen molar-refractivity contribution in [2.24, 2.45) is 5.92 Å². The first-order valence-corrected chi connectivity index (χ1v) is 8.95. The fourth-order valence-electron chi connectivity index (χ4n) is 3.23. The number of fused-ring (bicyclic) bond motifs is 2. The van der Waals surface area contributed by atoms with Crippen molar-refractivity contribution >= 4 is 27.7 Å². The van der Waals surface area contributed by atoms with Gasteiger partial charge >= 0.3 is 0 Å². The molecule has 4 unspecified atom stereocenters. The quantitative estimate of drug-likeness (QED) is 0.758. The summed E-state index contributed by atoms with van der Waals surface area (Å²) in [6.45, 7) is 4.56. The maximum atomic E-state index is 3.73. The Labute approximate surface area is 128 Å². The molecule has 0 aromatic rings. The summed E-state index contributed by atoms with van der Waals surface area (Å²) in [6, 6.07) is 0.539. The predicted molar refractivity (Wildman–Crippen MR) is 88.7 cm³/mol. The molecular weight excluding hydrogens is 318 g/mol. The number of rotatable bonds is 2. The smallest absolute Gasteiger partial charge is 0.0487 e. The summed E-state index contributed by atoms with van der Waals surface area (Å²) in [6.07, 6.45) is 12.6. The van der Waals surface area contributed by atoms with E-state index in [1.807, 2.05) is 11.8 Å². The molecule has 1 N–H and O–H groups in total. The molecule has 4 atom stereocenters. The lowest BCUT2D eigenvalue weighted by molar-refractivity contribution is 0.486. The van der Waals surface area contributed by atoms with Gasteiger partial charge in [0.1, 0.15) is 0 Å². The zero-order valence-corrected chi connectivity index (χ0v) is 13.8. The summed E-state index contributed by atoms with van der Waals surface area (Å²) in [5, 5.41) is 4.23. The zero-order valence-electron chi connectivity index (χ0n) is 11.4. The maximum absolute atomic E-state index is 3.73. The molecule has 1 aliphatic carbocycles. The fraction of sp³-hybridized carbons (Fsp3) is 0.500. The van der Waals surface area contributed by atoms with Crippen molar-refractivity contribution in [1.29, 1.82) is 0 Å². The van der Waals surface area contributed by atoms with E-state index in [0.29, 0.717) is 22.0 Å². The Kier molecular flexibility index (Phi) is 3.95. The van der Waals surface area contributed by atoms with Crippen LogP contribution in [0.2, 0.25) is 0 Å². The van der Waals surface area contributed by atoms with Gasteiger partial charge in [0.2, 0.25) is 0 Å². The molecule has 1 nitrogen and oxygen atoms in total. The van der Waals surface area contributed by atoms with E-state index >= 15 is 0 Å². The van der Waals surface area contributed by atoms with E-state index in [-0.39, 0.29) is 0 Å². The van der Waals surface area contributed by atoms with Crippen LogP contribution in [-0.4, -0.2) is 21.9 Å². The third-order valence-electron chi connectivity index (χ3n) is 4.08. The maximum Gasteiger partial charge on any atom is 0.0487 e. The first-order chi connectivity index (χ1) is 9.16. The third kappa shape index (κ3) is 2.59. The Morgan fingerprint density at radius 3 is 3.11 bits per heavy atom. The number of alkyl halides is 1. The highest BCUT2D eigenvalue weighted by Gasteiger charge is 2.36. The number of allylic oxidation sites excluding steroid dienone is 4. The zero-order chi connectivity index (χ0) is 13.4. The lowest BCUT2D eigenvalue weighted by atomic mass is 9.86. The van der Waals surface area contributed by atoms with Gasteiger partial charge in [0.25, 0.3) is 0 Å². The van der Waals surface area contributed by atoms with Gasteiger partial charge in [-0.05, 0) is 24.5 Å². The van der Waals surface area contributed by atoms with Crippen molar-refractivity contribution in [3.63, 3.8) is 0 Å². The van der Waals surface area contributed by atoms with Gasteiger partial charge in [0.05, 0.1) is 0 Å². The topological polar surface area (TPSA) is 12.0 Å². The lowest BCUT2D eigenvalue weighted by Gasteiger charge is -2.22. The summed E-state index contributed by atoms with van der Waals surface area (Å²) in [5.74, 6) is 1.72. The molecule has 0 saturated carbocycles. The van der Waals surface area contributed by atoms with Crippen LogP contribution in [0.4, 0.5) is 0 Å². The molecule has 1 fully saturated rings. The van der Waals surface area contributed by atoms with Gasteiger partial charge in [-0.25, -0.2) is 0 Å². The molecular formula is C16H20BrNS. The minimum atomic E-state index is 0.536. The second-order valence-corrected chi connectivity index (χ2v) is 8.28. The van der Waals surface area contributed by atoms with Crippen molar-refractivity contribution in [1.82, 2.24) is 5.32 Å². The van der Waals surface area contributed by atoms with E-state index < -0.39 is 0 Å². The van der Waals surface area contributed by atoms with E-state index in [1.54, 1.807) is 5.57 Å². The molecule has 0 aromatic carbocycles.